The van der Waals surface area contributed by atoms with Crippen molar-refractivity contribution < 1.29 is 4.39 Å². The van der Waals surface area contributed by atoms with Crippen molar-refractivity contribution in [2.45, 2.75) is 32.7 Å². The van der Waals surface area contributed by atoms with Crippen molar-refractivity contribution >= 4 is 15.9 Å². The maximum Gasteiger partial charge on any atom is 0.129 e. The fourth-order valence-electron chi connectivity index (χ4n) is 1.86. The zero-order valence-corrected chi connectivity index (χ0v) is 10.7. The van der Waals surface area contributed by atoms with Crippen molar-refractivity contribution in [3.8, 4) is 0 Å². The standard InChI is InChI=1S/C12H17BrFN/c1-3-8(4-2)12(15)11-9(13)6-5-7-10(11)14/h5-8,12H,3-4,15H2,1-2H3. The molecule has 1 aromatic rings. The van der Waals surface area contributed by atoms with Gasteiger partial charge >= 0.3 is 0 Å². The van der Waals surface area contributed by atoms with Crippen LogP contribution in [0.4, 0.5) is 4.39 Å². The summed E-state index contributed by atoms with van der Waals surface area (Å²) in [7, 11) is 0. The lowest BCUT2D eigenvalue weighted by atomic mass is 9.89. The SMILES string of the molecule is CCC(CC)C(N)c1c(F)cccc1Br. The summed E-state index contributed by atoms with van der Waals surface area (Å²) in [6, 6.07) is 4.75. The quantitative estimate of drug-likeness (QED) is 0.881. The zero-order valence-electron chi connectivity index (χ0n) is 9.13. The van der Waals surface area contributed by atoms with E-state index in [0.29, 0.717) is 11.5 Å². The van der Waals surface area contributed by atoms with Gasteiger partial charge in [0.15, 0.2) is 0 Å². The van der Waals surface area contributed by atoms with E-state index in [1.165, 1.54) is 6.07 Å². The minimum atomic E-state index is -0.226. The van der Waals surface area contributed by atoms with Crippen LogP contribution in [0.3, 0.4) is 0 Å². The van der Waals surface area contributed by atoms with Gasteiger partial charge in [-0.2, -0.15) is 0 Å². The smallest absolute Gasteiger partial charge is 0.129 e. The van der Waals surface area contributed by atoms with Crippen molar-refractivity contribution in [3.63, 3.8) is 0 Å². The molecule has 0 bridgehead atoms. The average Bonchev–Trinajstić information content (AvgIpc) is 2.19. The van der Waals surface area contributed by atoms with Gasteiger partial charge in [0.05, 0.1) is 0 Å². The molecule has 0 aromatic heterocycles. The summed E-state index contributed by atoms with van der Waals surface area (Å²) in [6.07, 6.45) is 1.94. The summed E-state index contributed by atoms with van der Waals surface area (Å²) in [5, 5.41) is 0. The monoisotopic (exact) mass is 273 g/mol. The van der Waals surface area contributed by atoms with Crippen LogP contribution in [0.15, 0.2) is 22.7 Å². The molecular weight excluding hydrogens is 257 g/mol. The minimum absolute atomic E-state index is 0.219. The Morgan fingerprint density at radius 2 is 1.93 bits per heavy atom. The Morgan fingerprint density at radius 1 is 1.33 bits per heavy atom. The number of nitrogens with two attached hydrogens (primary N) is 1. The van der Waals surface area contributed by atoms with Crippen molar-refractivity contribution in [1.29, 1.82) is 0 Å². The Morgan fingerprint density at radius 3 is 2.40 bits per heavy atom. The van der Waals surface area contributed by atoms with Gasteiger partial charge in [0.2, 0.25) is 0 Å². The number of hydrogen-bond donors (Lipinski definition) is 1. The molecule has 0 saturated carbocycles. The predicted molar refractivity (Wildman–Crippen MR) is 65.1 cm³/mol. The molecule has 1 rings (SSSR count). The highest BCUT2D eigenvalue weighted by Gasteiger charge is 2.21. The van der Waals surface area contributed by atoms with Crippen molar-refractivity contribution in [2.24, 2.45) is 11.7 Å². The van der Waals surface area contributed by atoms with E-state index in [0.717, 1.165) is 17.3 Å². The van der Waals surface area contributed by atoms with Gasteiger partial charge in [-0.25, -0.2) is 4.39 Å². The van der Waals surface area contributed by atoms with Crippen molar-refractivity contribution in [3.05, 3.63) is 34.1 Å². The molecule has 15 heavy (non-hydrogen) atoms. The second kappa shape index (κ2) is 5.61. The number of halogens is 2. The summed E-state index contributed by atoms with van der Waals surface area (Å²) in [5.74, 6) is 0.113. The van der Waals surface area contributed by atoms with E-state index < -0.39 is 0 Å². The first-order chi connectivity index (χ1) is 7.11. The molecule has 1 nitrogen and oxygen atoms in total. The predicted octanol–water partition coefficient (Wildman–Crippen LogP) is 4.02. The molecule has 0 aliphatic rings. The Labute approximate surface area is 99.0 Å². The third-order valence-electron chi connectivity index (χ3n) is 2.89. The largest absolute Gasteiger partial charge is 0.324 e. The summed E-state index contributed by atoms with van der Waals surface area (Å²) in [4.78, 5) is 0. The fraction of sp³-hybridized carbons (Fsp3) is 0.500. The topological polar surface area (TPSA) is 26.0 Å². The number of rotatable bonds is 4. The highest BCUT2D eigenvalue weighted by atomic mass is 79.9. The fourth-order valence-corrected chi connectivity index (χ4v) is 2.47. The average molecular weight is 274 g/mol. The van der Waals surface area contributed by atoms with E-state index in [4.69, 9.17) is 5.73 Å². The molecule has 2 N–H and O–H groups in total. The first kappa shape index (κ1) is 12.7. The molecule has 0 amide bonds. The molecule has 1 atom stereocenters. The summed E-state index contributed by atoms with van der Waals surface area (Å²) in [5.41, 5.74) is 6.69. The Hall–Kier alpha value is -0.410. The van der Waals surface area contributed by atoms with Crippen molar-refractivity contribution in [2.75, 3.05) is 0 Å². The van der Waals surface area contributed by atoms with Gasteiger partial charge in [0, 0.05) is 16.1 Å². The van der Waals surface area contributed by atoms with E-state index in [2.05, 4.69) is 29.8 Å². The van der Waals surface area contributed by atoms with Gasteiger partial charge in [0.1, 0.15) is 5.82 Å². The van der Waals surface area contributed by atoms with E-state index in [1.807, 2.05) is 6.07 Å². The van der Waals surface area contributed by atoms with Crippen molar-refractivity contribution in [1.82, 2.24) is 0 Å². The number of hydrogen-bond acceptors (Lipinski definition) is 1. The number of benzene rings is 1. The molecule has 0 radical (unpaired) electrons. The van der Waals surface area contributed by atoms with Crippen LogP contribution in [-0.4, -0.2) is 0 Å². The lowest BCUT2D eigenvalue weighted by Gasteiger charge is -2.23. The van der Waals surface area contributed by atoms with Gasteiger partial charge < -0.3 is 5.73 Å². The van der Waals surface area contributed by atoms with Gasteiger partial charge in [-0.3, -0.25) is 0 Å². The summed E-state index contributed by atoms with van der Waals surface area (Å²) >= 11 is 3.35. The van der Waals surface area contributed by atoms with Crippen LogP contribution in [0.5, 0.6) is 0 Å². The summed E-state index contributed by atoms with van der Waals surface area (Å²) < 4.78 is 14.4. The molecule has 0 aliphatic heterocycles. The van der Waals surface area contributed by atoms with Crippen LogP contribution in [0.1, 0.15) is 38.3 Å². The van der Waals surface area contributed by atoms with E-state index in [-0.39, 0.29) is 11.9 Å². The molecule has 0 heterocycles. The first-order valence-electron chi connectivity index (χ1n) is 5.31. The Kier molecular flexibility index (Phi) is 4.74. The Balaban J connectivity index is 3.04. The third kappa shape index (κ3) is 2.79. The highest BCUT2D eigenvalue weighted by Crippen LogP contribution is 2.31. The van der Waals surface area contributed by atoms with Crippen LogP contribution in [0.25, 0.3) is 0 Å². The van der Waals surface area contributed by atoms with E-state index in [1.54, 1.807) is 6.07 Å². The molecule has 0 fully saturated rings. The van der Waals surface area contributed by atoms with E-state index >= 15 is 0 Å². The Bertz CT molecular complexity index is 303. The zero-order chi connectivity index (χ0) is 11.4. The molecule has 84 valence electrons. The van der Waals surface area contributed by atoms with Crippen LogP contribution in [0, 0.1) is 11.7 Å². The van der Waals surface area contributed by atoms with Gasteiger partial charge in [-0.1, -0.05) is 48.7 Å². The molecule has 0 spiro atoms. The van der Waals surface area contributed by atoms with Gasteiger partial charge in [-0.15, -0.1) is 0 Å². The van der Waals surface area contributed by atoms with Crippen LogP contribution in [-0.2, 0) is 0 Å². The second-order valence-electron chi connectivity index (χ2n) is 3.74. The molecule has 1 aromatic carbocycles. The molecule has 0 aliphatic carbocycles. The van der Waals surface area contributed by atoms with E-state index in [9.17, 15) is 4.39 Å². The second-order valence-corrected chi connectivity index (χ2v) is 4.59. The minimum Gasteiger partial charge on any atom is -0.324 e. The van der Waals surface area contributed by atoms with Crippen LogP contribution in [0.2, 0.25) is 0 Å². The van der Waals surface area contributed by atoms with Gasteiger partial charge in [-0.05, 0) is 18.1 Å². The van der Waals surface area contributed by atoms with Crippen LogP contribution >= 0.6 is 15.9 Å². The lowest BCUT2D eigenvalue weighted by molar-refractivity contribution is 0.393. The summed E-state index contributed by atoms with van der Waals surface area (Å²) in [6.45, 7) is 4.17. The van der Waals surface area contributed by atoms with Crippen LogP contribution < -0.4 is 5.73 Å². The molecule has 0 saturated heterocycles. The third-order valence-corrected chi connectivity index (χ3v) is 3.58. The van der Waals surface area contributed by atoms with Gasteiger partial charge in [0.25, 0.3) is 0 Å². The maximum absolute atomic E-state index is 13.6. The first-order valence-corrected chi connectivity index (χ1v) is 6.10. The lowest BCUT2D eigenvalue weighted by Crippen LogP contribution is -2.22. The molecular formula is C12H17BrFN. The maximum atomic E-state index is 13.6. The molecule has 3 heteroatoms. The molecule has 1 unspecified atom stereocenters. The highest BCUT2D eigenvalue weighted by molar-refractivity contribution is 9.10. The normalized spacial score (nSPS) is 13.2.